The fourth-order valence-electron chi connectivity index (χ4n) is 7.55. The van der Waals surface area contributed by atoms with Gasteiger partial charge in [-0.1, -0.05) is 133 Å². The van der Waals surface area contributed by atoms with E-state index in [-0.39, 0.29) is 5.41 Å². The number of benzene rings is 7. The second-order valence-electron chi connectivity index (χ2n) is 11.8. The van der Waals surface area contributed by atoms with Crippen LogP contribution in [0.5, 0.6) is 11.5 Å². The molecule has 1 nitrogen and oxygen atoms in total. The monoisotopic (exact) mass is 548 g/mol. The Bertz CT molecular complexity index is 2220. The molecular weight excluding hydrogens is 520 g/mol. The third-order valence-electron chi connectivity index (χ3n) is 9.57. The van der Waals surface area contributed by atoms with E-state index in [0.29, 0.717) is 0 Å². The van der Waals surface area contributed by atoms with E-state index in [9.17, 15) is 0 Å². The van der Waals surface area contributed by atoms with Gasteiger partial charge in [0.05, 0.1) is 0 Å². The van der Waals surface area contributed by atoms with Crippen LogP contribution in [0, 0.1) is 0 Å². The van der Waals surface area contributed by atoms with Gasteiger partial charge in [-0.05, 0) is 86.1 Å². The molecule has 202 valence electrons. The Labute approximate surface area is 251 Å². The summed E-state index contributed by atoms with van der Waals surface area (Å²) in [5.41, 5.74) is 13.7. The molecule has 1 aliphatic heterocycles. The van der Waals surface area contributed by atoms with Crippen molar-refractivity contribution in [3.8, 4) is 56.0 Å². The Balaban J connectivity index is 1.26. The quantitative estimate of drug-likeness (QED) is 0.213. The Morgan fingerprint density at radius 2 is 1.09 bits per heavy atom. The van der Waals surface area contributed by atoms with Crippen molar-refractivity contribution < 1.29 is 4.74 Å². The maximum atomic E-state index is 6.42. The zero-order chi connectivity index (χ0) is 28.5. The van der Waals surface area contributed by atoms with E-state index < -0.39 is 0 Å². The maximum absolute atomic E-state index is 6.42. The number of rotatable bonds is 3. The number of fused-ring (bicyclic) bond motifs is 5. The fourth-order valence-corrected chi connectivity index (χ4v) is 7.55. The minimum atomic E-state index is -0.229. The van der Waals surface area contributed by atoms with E-state index in [1.807, 2.05) is 0 Å². The zero-order valence-electron chi connectivity index (χ0n) is 23.8. The van der Waals surface area contributed by atoms with Crippen molar-refractivity contribution in [2.24, 2.45) is 0 Å². The summed E-state index contributed by atoms with van der Waals surface area (Å²) in [7, 11) is 0. The highest BCUT2D eigenvalue weighted by Crippen LogP contribution is 2.56. The Kier molecular flexibility index (Phi) is 5.10. The van der Waals surface area contributed by atoms with Gasteiger partial charge < -0.3 is 4.74 Å². The van der Waals surface area contributed by atoms with E-state index >= 15 is 0 Å². The van der Waals surface area contributed by atoms with Crippen LogP contribution in [0.1, 0.15) is 23.6 Å². The summed E-state index contributed by atoms with van der Waals surface area (Å²) >= 11 is 0. The van der Waals surface area contributed by atoms with E-state index in [2.05, 4.69) is 159 Å². The third kappa shape index (κ3) is 3.40. The largest absolute Gasteiger partial charge is 0.456 e. The molecule has 1 aliphatic carbocycles. The van der Waals surface area contributed by atoms with Gasteiger partial charge in [-0.25, -0.2) is 0 Å². The lowest BCUT2D eigenvalue weighted by atomic mass is 9.74. The molecule has 1 unspecified atom stereocenters. The Morgan fingerprint density at radius 3 is 1.95 bits per heavy atom. The van der Waals surface area contributed by atoms with Gasteiger partial charge in [-0.15, -0.1) is 0 Å². The lowest BCUT2D eigenvalue weighted by Crippen LogP contribution is -2.22. The van der Waals surface area contributed by atoms with Crippen molar-refractivity contribution in [1.29, 1.82) is 0 Å². The molecule has 0 amide bonds. The molecule has 1 atom stereocenters. The molecule has 9 rings (SSSR count). The first-order valence-corrected chi connectivity index (χ1v) is 14.9. The summed E-state index contributed by atoms with van der Waals surface area (Å²) in [5.74, 6) is 1.83. The first-order valence-electron chi connectivity index (χ1n) is 14.9. The normalized spacial score (nSPS) is 15.8. The average Bonchev–Trinajstić information content (AvgIpc) is 3.34. The second kappa shape index (κ2) is 9.05. The van der Waals surface area contributed by atoms with Crippen molar-refractivity contribution in [3.05, 3.63) is 168 Å². The molecule has 0 saturated carbocycles. The molecule has 0 aromatic heterocycles. The molecule has 0 radical (unpaired) electrons. The summed E-state index contributed by atoms with van der Waals surface area (Å²) in [4.78, 5) is 0. The molecule has 1 heteroatoms. The fraction of sp³-hybridized carbons (Fsp3) is 0.0476. The predicted molar refractivity (Wildman–Crippen MR) is 178 cm³/mol. The second-order valence-corrected chi connectivity index (χ2v) is 11.8. The minimum absolute atomic E-state index is 0.229. The van der Waals surface area contributed by atoms with Gasteiger partial charge in [0, 0.05) is 16.4 Å². The van der Waals surface area contributed by atoms with E-state index in [0.717, 1.165) is 17.1 Å². The highest BCUT2D eigenvalue weighted by molar-refractivity contribution is 6.05. The average molecular weight is 549 g/mol. The molecule has 0 spiro atoms. The first-order chi connectivity index (χ1) is 21.2. The van der Waals surface area contributed by atoms with Gasteiger partial charge >= 0.3 is 0 Å². The molecule has 0 bridgehead atoms. The van der Waals surface area contributed by atoms with E-state index in [4.69, 9.17) is 4.74 Å². The number of ether oxygens (including phenoxy) is 1. The van der Waals surface area contributed by atoms with Gasteiger partial charge in [0.25, 0.3) is 0 Å². The van der Waals surface area contributed by atoms with Crippen LogP contribution in [-0.2, 0) is 5.41 Å². The molecule has 43 heavy (non-hydrogen) atoms. The van der Waals surface area contributed by atoms with Crippen LogP contribution in [0.2, 0.25) is 0 Å². The summed E-state index contributed by atoms with van der Waals surface area (Å²) in [6, 6.07) is 55.0. The lowest BCUT2D eigenvalue weighted by Gasteiger charge is -2.28. The van der Waals surface area contributed by atoms with Gasteiger partial charge in [-0.3, -0.25) is 0 Å². The minimum Gasteiger partial charge on any atom is -0.456 e. The van der Waals surface area contributed by atoms with Gasteiger partial charge in [0.1, 0.15) is 11.5 Å². The Hall–Kier alpha value is -5.40. The van der Waals surface area contributed by atoms with Crippen LogP contribution in [0.4, 0.5) is 0 Å². The van der Waals surface area contributed by atoms with Crippen molar-refractivity contribution in [2.75, 3.05) is 0 Å². The SMILES string of the molecule is CC1(c2ccccc2)c2ccccc2-c2c(-c3ccccc3-c3ccc4c(c3)-c3cccc5cccc(c35)O4)cccc21. The van der Waals surface area contributed by atoms with Crippen molar-refractivity contribution in [1.82, 2.24) is 0 Å². The third-order valence-corrected chi connectivity index (χ3v) is 9.57. The summed E-state index contributed by atoms with van der Waals surface area (Å²) < 4.78 is 6.42. The molecule has 7 aromatic rings. The highest BCUT2D eigenvalue weighted by Gasteiger charge is 2.41. The maximum Gasteiger partial charge on any atom is 0.135 e. The van der Waals surface area contributed by atoms with Crippen LogP contribution in [0.3, 0.4) is 0 Å². The van der Waals surface area contributed by atoms with Crippen molar-refractivity contribution in [3.63, 3.8) is 0 Å². The van der Waals surface area contributed by atoms with Crippen LogP contribution in [0.25, 0.3) is 55.3 Å². The van der Waals surface area contributed by atoms with Crippen LogP contribution >= 0.6 is 0 Å². The molecule has 0 saturated heterocycles. The topological polar surface area (TPSA) is 9.23 Å². The van der Waals surface area contributed by atoms with Crippen LogP contribution in [-0.4, -0.2) is 0 Å². The predicted octanol–water partition coefficient (Wildman–Crippen LogP) is 11.3. The zero-order valence-corrected chi connectivity index (χ0v) is 23.8. The van der Waals surface area contributed by atoms with E-state index in [1.54, 1.807) is 0 Å². The first kappa shape index (κ1) is 24.2. The van der Waals surface area contributed by atoms with E-state index in [1.165, 1.54) is 66.4 Å². The summed E-state index contributed by atoms with van der Waals surface area (Å²) in [6.45, 7) is 2.38. The van der Waals surface area contributed by atoms with Crippen molar-refractivity contribution in [2.45, 2.75) is 12.3 Å². The molecule has 7 aromatic carbocycles. The van der Waals surface area contributed by atoms with Gasteiger partial charge in [0.15, 0.2) is 0 Å². The molecule has 2 aliphatic rings. The number of hydrogen-bond acceptors (Lipinski definition) is 1. The molecular formula is C42H28O. The molecule has 0 fully saturated rings. The van der Waals surface area contributed by atoms with Crippen LogP contribution in [0.15, 0.2) is 152 Å². The highest BCUT2D eigenvalue weighted by atomic mass is 16.5. The van der Waals surface area contributed by atoms with Crippen LogP contribution < -0.4 is 4.74 Å². The smallest absolute Gasteiger partial charge is 0.135 e. The van der Waals surface area contributed by atoms with Crippen molar-refractivity contribution >= 4 is 10.8 Å². The summed E-state index contributed by atoms with van der Waals surface area (Å²) in [5, 5.41) is 2.38. The van der Waals surface area contributed by atoms with Gasteiger partial charge in [0.2, 0.25) is 0 Å². The Morgan fingerprint density at radius 1 is 0.442 bits per heavy atom. The lowest BCUT2D eigenvalue weighted by molar-refractivity contribution is 0.487. The van der Waals surface area contributed by atoms with Gasteiger partial charge in [-0.2, -0.15) is 0 Å². The molecule has 0 N–H and O–H groups in total. The standard InChI is InChI=1S/C42H28O/c1-42(29-14-3-2-4-15-29)36-21-8-7-18-34(36)41-32(20-11-22-37(41)42)31-17-6-5-16-30(31)28-24-25-38-35(26-28)33-19-9-12-27-13-10-23-39(43-38)40(27)33/h2-26H,1H3. The summed E-state index contributed by atoms with van der Waals surface area (Å²) in [6.07, 6.45) is 0. The number of hydrogen-bond donors (Lipinski definition) is 0. The molecule has 1 heterocycles.